The first-order valence-corrected chi connectivity index (χ1v) is 6.98. The predicted molar refractivity (Wildman–Crippen MR) is 77.8 cm³/mol. The van der Waals surface area contributed by atoms with Crippen molar-refractivity contribution in [3.8, 4) is 0 Å². The molecule has 1 N–H and O–H groups in total. The first kappa shape index (κ1) is 15.0. The molecule has 0 aliphatic rings. The van der Waals surface area contributed by atoms with E-state index in [4.69, 9.17) is 11.6 Å². The minimum atomic E-state index is -0.824. The molecule has 2 aromatic heterocycles. The van der Waals surface area contributed by atoms with E-state index >= 15 is 0 Å². The van der Waals surface area contributed by atoms with E-state index in [0.29, 0.717) is 23.8 Å². The van der Waals surface area contributed by atoms with Crippen LogP contribution in [-0.2, 0) is 13.1 Å². The predicted octanol–water partition coefficient (Wildman–Crippen LogP) is 1.40. The Balaban J connectivity index is 2.29. The van der Waals surface area contributed by atoms with Gasteiger partial charge in [0.1, 0.15) is 6.10 Å². The molecular formula is C13H20ClN5O. The van der Waals surface area contributed by atoms with E-state index in [1.165, 1.54) is 0 Å². The Morgan fingerprint density at radius 1 is 1.35 bits per heavy atom. The number of nitrogens with zero attached hydrogens (tertiary/aromatic N) is 5. The highest BCUT2D eigenvalue weighted by Gasteiger charge is 2.22. The van der Waals surface area contributed by atoms with Crippen LogP contribution in [0.1, 0.15) is 24.4 Å². The zero-order valence-electron chi connectivity index (χ0n) is 12.0. The van der Waals surface area contributed by atoms with E-state index in [9.17, 15) is 5.11 Å². The molecule has 20 heavy (non-hydrogen) atoms. The fourth-order valence-electron chi connectivity index (χ4n) is 2.10. The number of hydrogen-bond donors (Lipinski definition) is 1. The van der Waals surface area contributed by atoms with Crippen LogP contribution in [0.4, 0.5) is 0 Å². The van der Waals surface area contributed by atoms with Crippen LogP contribution in [0.25, 0.3) is 0 Å². The molecule has 110 valence electrons. The molecule has 0 bridgehead atoms. The quantitative estimate of drug-likeness (QED) is 0.875. The normalized spacial score (nSPS) is 13.1. The highest BCUT2D eigenvalue weighted by atomic mass is 35.5. The number of aliphatic hydroxyl groups is 1. The lowest BCUT2D eigenvalue weighted by Crippen LogP contribution is -2.22. The summed E-state index contributed by atoms with van der Waals surface area (Å²) in [7, 11) is 3.99. The molecule has 0 aliphatic heterocycles. The van der Waals surface area contributed by atoms with Gasteiger partial charge in [0.25, 0.3) is 0 Å². The third-order valence-electron chi connectivity index (χ3n) is 3.18. The SMILES string of the molecule is CCn1nccc1C(O)c1c(Cl)cnn1CCN(C)C. The number of aromatic nitrogens is 4. The molecule has 7 heteroatoms. The number of aliphatic hydroxyl groups excluding tert-OH is 1. The van der Waals surface area contributed by atoms with Gasteiger partial charge in [-0.15, -0.1) is 0 Å². The van der Waals surface area contributed by atoms with E-state index in [2.05, 4.69) is 15.1 Å². The van der Waals surface area contributed by atoms with E-state index in [-0.39, 0.29) is 0 Å². The zero-order chi connectivity index (χ0) is 14.7. The van der Waals surface area contributed by atoms with Gasteiger partial charge in [0.05, 0.1) is 29.2 Å². The Bertz CT molecular complexity index is 563. The van der Waals surface area contributed by atoms with Crippen molar-refractivity contribution in [2.24, 2.45) is 0 Å². The third-order valence-corrected chi connectivity index (χ3v) is 3.47. The highest BCUT2D eigenvalue weighted by Crippen LogP contribution is 2.28. The summed E-state index contributed by atoms with van der Waals surface area (Å²) in [6, 6.07) is 1.80. The maximum Gasteiger partial charge on any atom is 0.139 e. The number of hydrogen-bond acceptors (Lipinski definition) is 4. The number of likely N-dealkylation sites (N-methyl/N-ethyl adjacent to an activating group) is 1. The van der Waals surface area contributed by atoms with E-state index in [0.717, 1.165) is 12.2 Å². The number of aryl methyl sites for hydroxylation is 1. The van der Waals surface area contributed by atoms with Gasteiger partial charge >= 0.3 is 0 Å². The van der Waals surface area contributed by atoms with Crippen LogP contribution < -0.4 is 0 Å². The summed E-state index contributed by atoms with van der Waals surface area (Å²) in [4.78, 5) is 2.06. The van der Waals surface area contributed by atoms with Crippen LogP contribution in [0.15, 0.2) is 18.5 Å². The zero-order valence-corrected chi connectivity index (χ0v) is 12.7. The van der Waals surface area contributed by atoms with Crippen LogP contribution in [0.2, 0.25) is 5.02 Å². The smallest absolute Gasteiger partial charge is 0.139 e. The van der Waals surface area contributed by atoms with Gasteiger partial charge in [0.2, 0.25) is 0 Å². The van der Waals surface area contributed by atoms with Gasteiger partial charge < -0.3 is 10.0 Å². The van der Waals surface area contributed by atoms with E-state index in [1.54, 1.807) is 27.8 Å². The molecule has 0 saturated carbocycles. The Hall–Kier alpha value is -1.37. The maximum absolute atomic E-state index is 10.6. The second kappa shape index (κ2) is 6.39. The summed E-state index contributed by atoms with van der Waals surface area (Å²) in [5.74, 6) is 0. The van der Waals surface area contributed by atoms with Crippen molar-refractivity contribution < 1.29 is 5.11 Å². The summed E-state index contributed by atoms with van der Waals surface area (Å²) in [6.07, 6.45) is 2.42. The monoisotopic (exact) mass is 297 g/mol. The van der Waals surface area contributed by atoms with Gasteiger partial charge in [0, 0.05) is 19.3 Å². The number of rotatable bonds is 6. The van der Waals surface area contributed by atoms with E-state index in [1.807, 2.05) is 21.0 Å². The fraction of sp³-hybridized carbons (Fsp3) is 0.538. The summed E-state index contributed by atoms with van der Waals surface area (Å²) >= 11 is 6.18. The summed E-state index contributed by atoms with van der Waals surface area (Å²) in [5.41, 5.74) is 1.34. The Kier molecular flexibility index (Phi) is 4.80. The minimum absolute atomic E-state index is 0.472. The molecule has 2 rings (SSSR count). The van der Waals surface area contributed by atoms with Gasteiger partial charge in [-0.25, -0.2) is 0 Å². The van der Waals surface area contributed by atoms with Crippen LogP contribution in [-0.4, -0.2) is 50.2 Å². The molecule has 0 radical (unpaired) electrons. The fourth-order valence-corrected chi connectivity index (χ4v) is 2.34. The molecule has 0 spiro atoms. The van der Waals surface area contributed by atoms with Crippen LogP contribution in [0.3, 0.4) is 0 Å². The summed E-state index contributed by atoms with van der Waals surface area (Å²) in [5, 5.41) is 19.5. The van der Waals surface area contributed by atoms with Crippen molar-refractivity contribution in [1.29, 1.82) is 0 Å². The Morgan fingerprint density at radius 2 is 2.10 bits per heavy atom. The van der Waals surface area contributed by atoms with Gasteiger partial charge in [0.15, 0.2) is 0 Å². The molecule has 0 aliphatic carbocycles. The molecule has 0 aromatic carbocycles. The highest BCUT2D eigenvalue weighted by molar-refractivity contribution is 6.31. The largest absolute Gasteiger partial charge is 0.380 e. The van der Waals surface area contributed by atoms with Crippen molar-refractivity contribution >= 4 is 11.6 Å². The van der Waals surface area contributed by atoms with Crippen molar-refractivity contribution in [2.45, 2.75) is 26.1 Å². The van der Waals surface area contributed by atoms with Gasteiger partial charge in [-0.2, -0.15) is 10.2 Å². The van der Waals surface area contributed by atoms with Crippen molar-refractivity contribution in [3.05, 3.63) is 34.9 Å². The standard InChI is InChI=1S/C13H20ClN5O/c1-4-18-11(5-6-15-18)13(20)12-10(14)9-16-19(12)8-7-17(2)3/h5-6,9,13,20H,4,7-8H2,1-3H3. The second-order valence-electron chi connectivity index (χ2n) is 4.88. The lowest BCUT2D eigenvalue weighted by atomic mass is 10.2. The molecule has 2 aromatic rings. The molecule has 6 nitrogen and oxygen atoms in total. The second-order valence-corrected chi connectivity index (χ2v) is 5.29. The van der Waals surface area contributed by atoms with Crippen molar-refractivity contribution in [2.75, 3.05) is 20.6 Å². The molecule has 2 heterocycles. The van der Waals surface area contributed by atoms with E-state index < -0.39 is 6.10 Å². The van der Waals surface area contributed by atoms with Gasteiger partial charge in [-0.05, 0) is 27.1 Å². The minimum Gasteiger partial charge on any atom is -0.380 e. The molecular weight excluding hydrogens is 278 g/mol. The number of halogens is 1. The van der Waals surface area contributed by atoms with Crippen molar-refractivity contribution in [3.63, 3.8) is 0 Å². The first-order valence-electron chi connectivity index (χ1n) is 6.60. The van der Waals surface area contributed by atoms with Crippen molar-refractivity contribution in [1.82, 2.24) is 24.5 Å². The summed E-state index contributed by atoms with van der Waals surface area (Å²) < 4.78 is 3.50. The molecule has 0 fully saturated rings. The third kappa shape index (κ3) is 3.03. The Labute approximate surface area is 123 Å². The lowest BCUT2D eigenvalue weighted by Gasteiger charge is -2.17. The lowest BCUT2D eigenvalue weighted by molar-refractivity contribution is 0.194. The first-order chi connectivity index (χ1) is 9.54. The average Bonchev–Trinajstić information content (AvgIpc) is 3.01. The Morgan fingerprint density at radius 3 is 2.75 bits per heavy atom. The van der Waals surface area contributed by atoms with Gasteiger partial charge in [-0.1, -0.05) is 11.6 Å². The maximum atomic E-state index is 10.6. The molecule has 1 atom stereocenters. The van der Waals surface area contributed by atoms with Crippen LogP contribution in [0, 0.1) is 0 Å². The molecule has 0 saturated heterocycles. The molecule has 1 unspecified atom stereocenters. The average molecular weight is 298 g/mol. The van der Waals surface area contributed by atoms with Gasteiger partial charge in [-0.3, -0.25) is 9.36 Å². The molecule has 0 amide bonds. The van der Waals surface area contributed by atoms with Crippen LogP contribution >= 0.6 is 11.6 Å². The summed E-state index contributed by atoms with van der Waals surface area (Å²) in [6.45, 7) is 4.17. The van der Waals surface area contributed by atoms with Crippen LogP contribution in [0.5, 0.6) is 0 Å². The topological polar surface area (TPSA) is 59.1 Å².